The summed E-state index contributed by atoms with van der Waals surface area (Å²) in [5.74, 6) is 0. The number of primary sulfonamides is 1. The average Bonchev–Trinajstić information content (AvgIpc) is 2.96. The van der Waals surface area contributed by atoms with Crippen molar-refractivity contribution in [3.05, 3.63) is 52.5 Å². The second-order valence-electron chi connectivity index (χ2n) is 4.00. The van der Waals surface area contributed by atoms with Gasteiger partial charge in [0.2, 0.25) is 10.0 Å². The first kappa shape index (κ1) is 16.9. The van der Waals surface area contributed by atoms with Gasteiger partial charge in [0.05, 0.1) is 4.92 Å². The minimum atomic E-state index is -4.64. The van der Waals surface area contributed by atoms with Crippen molar-refractivity contribution in [1.82, 2.24) is 10.2 Å². The van der Waals surface area contributed by atoms with E-state index in [2.05, 4.69) is 10.2 Å². The van der Waals surface area contributed by atoms with E-state index in [0.29, 0.717) is 6.08 Å². The Bertz CT molecular complexity index is 625. The monoisotopic (exact) mass is 322 g/mol. The number of nitrogens with one attached hydrogen (secondary N) is 1. The number of nitro groups is 1. The molecule has 0 spiro atoms. The Morgan fingerprint density at radius 3 is 2.52 bits per heavy atom. The summed E-state index contributed by atoms with van der Waals surface area (Å²) in [6.07, 6.45) is 1.90. The maximum Gasteiger partial charge on any atom is 0.267 e. The van der Waals surface area contributed by atoms with Crippen LogP contribution in [0.2, 0.25) is 0 Å². The molecular formula is C10H12F2N4O4S. The minimum Gasteiger partial charge on any atom is -0.286 e. The third-order valence-corrected chi connectivity index (χ3v) is 4.16. The maximum atomic E-state index is 12.7. The van der Waals surface area contributed by atoms with Crippen LogP contribution in [0.25, 0.3) is 0 Å². The van der Waals surface area contributed by atoms with Crippen LogP contribution in [0.3, 0.4) is 0 Å². The SMILES string of the molecule is NS(=O)(=O)C1(C(F)F)C=C([N+](=O)[O-])C=CC1.c1cn[nH]c1. The van der Waals surface area contributed by atoms with Crippen molar-refractivity contribution in [2.75, 3.05) is 0 Å². The number of sulfonamides is 1. The molecule has 0 saturated carbocycles. The molecule has 8 nitrogen and oxygen atoms in total. The Hall–Kier alpha value is -2.14. The molecule has 21 heavy (non-hydrogen) atoms. The van der Waals surface area contributed by atoms with Gasteiger partial charge < -0.3 is 0 Å². The summed E-state index contributed by atoms with van der Waals surface area (Å²) in [6.45, 7) is 0. The van der Waals surface area contributed by atoms with Crippen LogP contribution in [0.1, 0.15) is 6.42 Å². The molecule has 0 bridgehead atoms. The van der Waals surface area contributed by atoms with Crippen molar-refractivity contribution >= 4 is 10.0 Å². The van der Waals surface area contributed by atoms with Gasteiger partial charge >= 0.3 is 0 Å². The van der Waals surface area contributed by atoms with E-state index in [-0.39, 0.29) is 0 Å². The summed E-state index contributed by atoms with van der Waals surface area (Å²) in [7, 11) is -4.64. The zero-order valence-electron chi connectivity index (χ0n) is 10.5. The van der Waals surface area contributed by atoms with Gasteiger partial charge in [0, 0.05) is 24.5 Å². The number of allylic oxidation sites excluding steroid dienone is 2. The van der Waals surface area contributed by atoms with Gasteiger partial charge in [-0.25, -0.2) is 22.3 Å². The van der Waals surface area contributed by atoms with E-state index in [1.807, 2.05) is 6.07 Å². The molecule has 116 valence electrons. The van der Waals surface area contributed by atoms with Crippen molar-refractivity contribution in [2.45, 2.75) is 17.6 Å². The molecule has 1 aromatic rings. The fraction of sp³-hybridized carbons (Fsp3) is 0.300. The summed E-state index contributed by atoms with van der Waals surface area (Å²) in [5.41, 5.74) is -0.708. The molecule has 0 saturated heterocycles. The van der Waals surface area contributed by atoms with Crippen LogP contribution in [0.4, 0.5) is 8.78 Å². The van der Waals surface area contributed by atoms with Crippen LogP contribution in [0, 0.1) is 10.1 Å². The molecule has 1 unspecified atom stereocenters. The Kier molecular flexibility index (Phi) is 5.27. The molecular weight excluding hydrogens is 310 g/mol. The lowest BCUT2D eigenvalue weighted by molar-refractivity contribution is -0.419. The smallest absolute Gasteiger partial charge is 0.267 e. The van der Waals surface area contributed by atoms with E-state index in [0.717, 1.165) is 12.2 Å². The molecule has 11 heteroatoms. The number of aromatic nitrogens is 2. The lowest BCUT2D eigenvalue weighted by atomic mass is 9.99. The topological polar surface area (TPSA) is 132 Å². The van der Waals surface area contributed by atoms with Gasteiger partial charge in [0.1, 0.15) is 0 Å². The van der Waals surface area contributed by atoms with Crippen molar-refractivity contribution in [3.63, 3.8) is 0 Å². The van der Waals surface area contributed by atoms with E-state index < -0.39 is 38.2 Å². The molecule has 1 heterocycles. The largest absolute Gasteiger partial charge is 0.286 e. The van der Waals surface area contributed by atoms with Gasteiger partial charge in [0.25, 0.3) is 12.1 Å². The van der Waals surface area contributed by atoms with Gasteiger partial charge in [-0.1, -0.05) is 6.08 Å². The lowest BCUT2D eigenvalue weighted by Gasteiger charge is -2.27. The second kappa shape index (κ2) is 6.54. The van der Waals surface area contributed by atoms with Gasteiger partial charge in [0.15, 0.2) is 4.75 Å². The first-order valence-corrected chi connectivity index (χ1v) is 7.03. The average molecular weight is 322 g/mol. The molecule has 1 atom stereocenters. The summed E-state index contributed by atoms with van der Waals surface area (Å²) in [5, 5.41) is 21.3. The standard InChI is InChI=1S/C7H8F2N2O4S.C3H4N2/c8-6(9)7(16(10,14)15)3-1-2-5(4-7)11(12)13;1-2-4-5-3-1/h1-2,4,6H,3H2,(H2,10,14,15);1-3H,(H,4,5). The number of alkyl halides is 2. The number of hydrogen-bond acceptors (Lipinski definition) is 5. The summed E-state index contributed by atoms with van der Waals surface area (Å²) in [4.78, 5) is 9.45. The normalized spacial score (nSPS) is 21.4. The summed E-state index contributed by atoms with van der Waals surface area (Å²) < 4.78 is 45.0. The molecule has 1 aromatic heterocycles. The van der Waals surface area contributed by atoms with E-state index in [9.17, 15) is 27.3 Å². The minimum absolute atomic E-state index is 0.396. The van der Waals surface area contributed by atoms with Crippen LogP contribution in [-0.4, -0.2) is 34.7 Å². The van der Waals surface area contributed by atoms with Crippen LogP contribution in [-0.2, 0) is 10.0 Å². The predicted octanol–water partition coefficient (Wildman–Crippen LogP) is 0.809. The Morgan fingerprint density at radius 2 is 2.19 bits per heavy atom. The molecule has 2 rings (SSSR count). The van der Waals surface area contributed by atoms with Gasteiger partial charge in [-0.3, -0.25) is 15.2 Å². The van der Waals surface area contributed by atoms with E-state index >= 15 is 0 Å². The zero-order valence-corrected chi connectivity index (χ0v) is 11.3. The third kappa shape index (κ3) is 3.92. The van der Waals surface area contributed by atoms with E-state index in [1.54, 1.807) is 12.4 Å². The summed E-state index contributed by atoms with van der Waals surface area (Å²) in [6, 6.07) is 1.83. The number of H-pyrrole nitrogens is 1. The highest BCUT2D eigenvalue weighted by molar-refractivity contribution is 7.90. The molecule has 1 aliphatic carbocycles. The van der Waals surface area contributed by atoms with Gasteiger partial charge in [-0.15, -0.1) is 0 Å². The van der Waals surface area contributed by atoms with Gasteiger partial charge in [-0.2, -0.15) is 5.10 Å². The Balaban J connectivity index is 0.000000369. The zero-order chi connectivity index (χ0) is 16.1. The third-order valence-electron chi connectivity index (χ3n) is 2.63. The highest BCUT2D eigenvalue weighted by atomic mass is 32.2. The number of hydrogen-bond donors (Lipinski definition) is 2. The molecule has 0 fully saturated rings. The fourth-order valence-corrected chi connectivity index (χ4v) is 2.39. The van der Waals surface area contributed by atoms with E-state index in [4.69, 9.17) is 5.14 Å². The maximum absolute atomic E-state index is 12.7. The van der Waals surface area contributed by atoms with E-state index in [1.165, 1.54) is 0 Å². The van der Waals surface area contributed by atoms with Crippen LogP contribution >= 0.6 is 0 Å². The summed E-state index contributed by atoms with van der Waals surface area (Å²) >= 11 is 0. The van der Waals surface area contributed by atoms with Crippen molar-refractivity contribution in [2.24, 2.45) is 5.14 Å². The van der Waals surface area contributed by atoms with Crippen LogP contribution in [0.15, 0.2) is 42.4 Å². The molecule has 3 N–H and O–H groups in total. The lowest BCUT2D eigenvalue weighted by Crippen LogP contribution is -2.48. The highest BCUT2D eigenvalue weighted by Crippen LogP contribution is 2.34. The number of aromatic amines is 1. The number of halogens is 2. The molecule has 0 aliphatic heterocycles. The first-order valence-electron chi connectivity index (χ1n) is 5.49. The Labute approximate surface area is 118 Å². The van der Waals surface area contributed by atoms with Crippen LogP contribution in [0.5, 0.6) is 0 Å². The van der Waals surface area contributed by atoms with Crippen molar-refractivity contribution < 1.29 is 22.1 Å². The fourth-order valence-electron chi connectivity index (χ4n) is 1.52. The van der Waals surface area contributed by atoms with Crippen LogP contribution < -0.4 is 5.14 Å². The number of nitrogens with two attached hydrogens (primary N) is 1. The predicted molar refractivity (Wildman–Crippen MR) is 69.3 cm³/mol. The molecule has 0 radical (unpaired) electrons. The number of rotatable bonds is 3. The van der Waals surface area contributed by atoms with Crippen molar-refractivity contribution in [3.8, 4) is 0 Å². The van der Waals surface area contributed by atoms with Gasteiger partial charge in [-0.05, 0) is 12.5 Å². The Morgan fingerprint density at radius 1 is 1.52 bits per heavy atom. The second-order valence-corrected chi connectivity index (χ2v) is 5.85. The first-order chi connectivity index (χ1) is 9.71. The van der Waals surface area contributed by atoms with Crippen molar-refractivity contribution in [1.29, 1.82) is 0 Å². The molecule has 1 aliphatic rings. The highest BCUT2D eigenvalue weighted by Gasteiger charge is 2.50. The molecule has 0 amide bonds. The molecule has 0 aromatic carbocycles. The number of nitrogens with zero attached hydrogens (tertiary/aromatic N) is 2. The quantitative estimate of drug-likeness (QED) is 0.627.